The maximum absolute atomic E-state index is 12.8. The second-order valence-electron chi connectivity index (χ2n) is 8.33. The van der Waals surface area contributed by atoms with E-state index in [4.69, 9.17) is 5.73 Å². The molecular weight excluding hydrogens is 402 g/mol. The fraction of sp³-hybridized carbons (Fsp3) is 0.320. The Kier molecular flexibility index (Phi) is 6.25. The summed E-state index contributed by atoms with van der Waals surface area (Å²) in [5.74, 6) is 0.427. The van der Waals surface area contributed by atoms with E-state index >= 15 is 0 Å². The molecule has 3 aromatic rings. The van der Waals surface area contributed by atoms with Crippen molar-refractivity contribution in [3.63, 3.8) is 0 Å². The van der Waals surface area contributed by atoms with Crippen molar-refractivity contribution in [1.82, 2.24) is 14.9 Å². The topological polar surface area (TPSA) is 93.2 Å². The lowest BCUT2D eigenvalue weighted by molar-refractivity contribution is -0.122. The van der Waals surface area contributed by atoms with Crippen molar-refractivity contribution in [3.05, 3.63) is 77.2 Å². The number of rotatable bonds is 6. The van der Waals surface area contributed by atoms with Crippen LogP contribution in [-0.4, -0.2) is 34.5 Å². The molecule has 0 bridgehead atoms. The predicted octanol–water partition coefficient (Wildman–Crippen LogP) is 3.12. The summed E-state index contributed by atoms with van der Waals surface area (Å²) in [6.07, 6.45) is 3.21. The first-order valence-corrected chi connectivity index (χ1v) is 11.0. The minimum atomic E-state index is -0.230. The van der Waals surface area contributed by atoms with Crippen LogP contribution in [0.5, 0.6) is 0 Å². The van der Waals surface area contributed by atoms with Gasteiger partial charge in [-0.1, -0.05) is 6.07 Å². The molecule has 1 aromatic carbocycles. The molecule has 0 spiro atoms. The van der Waals surface area contributed by atoms with E-state index in [0.717, 1.165) is 54.4 Å². The molecule has 1 saturated heterocycles. The number of carbonyl (C=O) groups excluding carboxylic acids is 2. The zero-order chi connectivity index (χ0) is 22.7. The summed E-state index contributed by atoms with van der Waals surface area (Å²) in [6, 6.07) is 15.6. The Hall–Kier alpha value is -3.61. The Morgan fingerprint density at radius 3 is 2.31 bits per heavy atom. The highest BCUT2D eigenvalue weighted by atomic mass is 16.2. The van der Waals surface area contributed by atoms with Crippen LogP contribution in [0, 0.1) is 19.8 Å². The molecule has 1 aliphatic heterocycles. The number of anilines is 1. The lowest BCUT2D eigenvalue weighted by Crippen LogP contribution is -2.39. The number of hydrogen-bond acceptors (Lipinski definition) is 4. The normalized spacial score (nSPS) is 14.4. The predicted molar refractivity (Wildman–Crippen MR) is 125 cm³/mol. The minimum absolute atomic E-state index is 0.0693. The molecule has 3 heterocycles. The maximum atomic E-state index is 12.8. The van der Waals surface area contributed by atoms with Gasteiger partial charge in [0.25, 0.3) is 5.91 Å². The number of hydrogen-bond donors (Lipinski definition) is 2. The Bertz CT molecular complexity index is 1090. The van der Waals surface area contributed by atoms with Crippen LogP contribution in [0.4, 0.5) is 5.82 Å². The summed E-state index contributed by atoms with van der Waals surface area (Å²) in [5, 5.41) is 3.01. The van der Waals surface area contributed by atoms with Crippen LogP contribution in [0.3, 0.4) is 0 Å². The molecule has 0 saturated carbocycles. The molecule has 0 aliphatic carbocycles. The number of piperidine rings is 1. The molecule has 1 fully saturated rings. The van der Waals surface area contributed by atoms with Gasteiger partial charge in [0.05, 0.1) is 0 Å². The monoisotopic (exact) mass is 431 g/mol. The van der Waals surface area contributed by atoms with E-state index in [-0.39, 0.29) is 17.7 Å². The molecule has 7 nitrogen and oxygen atoms in total. The fourth-order valence-corrected chi connectivity index (χ4v) is 4.34. The van der Waals surface area contributed by atoms with Gasteiger partial charge in [-0.2, -0.15) is 0 Å². The summed E-state index contributed by atoms with van der Waals surface area (Å²) in [5.41, 5.74) is 10.4. The summed E-state index contributed by atoms with van der Waals surface area (Å²) >= 11 is 0. The molecule has 0 unspecified atom stereocenters. The number of pyridine rings is 1. The number of aromatic nitrogens is 2. The molecule has 7 heteroatoms. The van der Waals surface area contributed by atoms with Crippen LogP contribution >= 0.6 is 0 Å². The number of nitrogens with one attached hydrogen (secondary N) is 1. The van der Waals surface area contributed by atoms with Crippen molar-refractivity contribution in [3.8, 4) is 5.69 Å². The Morgan fingerprint density at radius 1 is 1.03 bits per heavy atom. The van der Waals surface area contributed by atoms with E-state index in [0.29, 0.717) is 12.1 Å². The van der Waals surface area contributed by atoms with Crippen LogP contribution in [0.15, 0.2) is 54.7 Å². The van der Waals surface area contributed by atoms with E-state index in [1.54, 1.807) is 6.20 Å². The Morgan fingerprint density at radius 2 is 1.69 bits per heavy atom. The molecule has 2 aromatic heterocycles. The van der Waals surface area contributed by atoms with Gasteiger partial charge in [0, 0.05) is 60.0 Å². The molecule has 0 atom stereocenters. The van der Waals surface area contributed by atoms with Crippen molar-refractivity contribution in [2.24, 2.45) is 11.7 Å². The van der Waals surface area contributed by atoms with E-state index in [1.807, 2.05) is 36.4 Å². The molecule has 2 amide bonds. The van der Waals surface area contributed by atoms with Gasteiger partial charge in [0.15, 0.2) is 0 Å². The van der Waals surface area contributed by atoms with Gasteiger partial charge in [-0.15, -0.1) is 0 Å². The first-order chi connectivity index (χ1) is 15.4. The van der Waals surface area contributed by atoms with Crippen molar-refractivity contribution in [2.75, 3.05) is 18.0 Å². The number of nitrogens with zero attached hydrogens (tertiary/aromatic N) is 3. The number of nitrogens with two attached hydrogens (primary N) is 1. The van der Waals surface area contributed by atoms with Gasteiger partial charge >= 0.3 is 0 Å². The van der Waals surface area contributed by atoms with Gasteiger partial charge in [0.1, 0.15) is 5.82 Å². The maximum Gasteiger partial charge on any atom is 0.251 e. The van der Waals surface area contributed by atoms with Gasteiger partial charge in [-0.25, -0.2) is 4.98 Å². The lowest BCUT2D eigenvalue weighted by Gasteiger charge is -2.32. The van der Waals surface area contributed by atoms with Crippen molar-refractivity contribution >= 4 is 17.6 Å². The number of benzene rings is 1. The summed E-state index contributed by atoms with van der Waals surface area (Å²) in [6.45, 7) is 5.97. The van der Waals surface area contributed by atoms with Crippen LogP contribution in [-0.2, 0) is 11.3 Å². The second-order valence-corrected chi connectivity index (χ2v) is 8.33. The van der Waals surface area contributed by atoms with Crippen LogP contribution in [0.2, 0.25) is 0 Å². The largest absolute Gasteiger partial charge is 0.369 e. The third-order valence-electron chi connectivity index (χ3n) is 6.16. The van der Waals surface area contributed by atoms with Gasteiger partial charge < -0.3 is 20.5 Å². The van der Waals surface area contributed by atoms with Crippen molar-refractivity contribution < 1.29 is 9.59 Å². The van der Waals surface area contributed by atoms with Gasteiger partial charge in [-0.3, -0.25) is 9.59 Å². The minimum Gasteiger partial charge on any atom is -0.369 e. The molecule has 32 heavy (non-hydrogen) atoms. The summed E-state index contributed by atoms with van der Waals surface area (Å²) < 4.78 is 2.16. The van der Waals surface area contributed by atoms with E-state index < -0.39 is 0 Å². The van der Waals surface area contributed by atoms with E-state index in [2.05, 4.69) is 45.7 Å². The molecule has 0 radical (unpaired) electrons. The van der Waals surface area contributed by atoms with E-state index in [1.165, 1.54) is 0 Å². The van der Waals surface area contributed by atoms with E-state index in [9.17, 15) is 9.59 Å². The van der Waals surface area contributed by atoms with Gasteiger partial charge in [0.2, 0.25) is 5.91 Å². The molecule has 1 aliphatic rings. The third kappa shape index (κ3) is 4.51. The van der Waals surface area contributed by atoms with Crippen LogP contribution in [0.25, 0.3) is 5.69 Å². The highest BCUT2D eigenvalue weighted by molar-refractivity contribution is 5.94. The SMILES string of the molecule is Cc1ccc(C)n1-c1ccc(C(=O)NCc2cccnc2N2CCC(C(N)=O)CC2)cc1. The molecular formula is C25H29N5O2. The molecule has 3 N–H and O–H groups in total. The Labute approximate surface area is 188 Å². The summed E-state index contributed by atoms with van der Waals surface area (Å²) in [4.78, 5) is 30.9. The van der Waals surface area contributed by atoms with Crippen molar-refractivity contribution in [1.29, 1.82) is 0 Å². The zero-order valence-corrected chi connectivity index (χ0v) is 18.5. The average molecular weight is 432 g/mol. The highest BCUT2D eigenvalue weighted by Gasteiger charge is 2.25. The third-order valence-corrected chi connectivity index (χ3v) is 6.16. The quantitative estimate of drug-likeness (QED) is 0.627. The smallest absolute Gasteiger partial charge is 0.251 e. The van der Waals surface area contributed by atoms with Gasteiger partial charge in [-0.05, 0) is 69.2 Å². The first kappa shape index (κ1) is 21.6. The molecule has 4 rings (SSSR count). The van der Waals surface area contributed by atoms with Crippen LogP contribution in [0.1, 0.15) is 40.2 Å². The Balaban J connectivity index is 1.41. The molecule has 166 valence electrons. The first-order valence-electron chi connectivity index (χ1n) is 11.0. The second kappa shape index (κ2) is 9.26. The van der Waals surface area contributed by atoms with Crippen molar-refractivity contribution in [2.45, 2.75) is 33.2 Å². The summed E-state index contributed by atoms with van der Waals surface area (Å²) in [7, 11) is 0. The number of primary amides is 1. The van der Waals surface area contributed by atoms with Crippen LogP contribution < -0.4 is 16.0 Å². The number of aryl methyl sites for hydroxylation is 2. The fourth-order valence-electron chi connectivity index (χ4n) is 4.34. The lowest BCUT2D eigenvalue weighted by atomic mass is 9.96. The zero-order valence-electron chi connectivity index (χ0n) is 18.5. The number of amides is 2. The highest BCUT2D eigenvalue weighted by Crippen LogP contribution is 2.24. The standard InChI is InChI=1S/C25H29N5O2/c1-17-5-6-18(2)30(17)22-9-7-20(8-10-22)25(32)28-16-21-4-3-13-27-24(21)29-14-11-19(12-15-29)23(26)31/h3-10,13,19H,11-12,14-16H2,1-2H3,(H2,26,31)(H,28,32). The number of carbonyl (C=O) groups is 2. The average Bonchev–Trinajstić information content (AvgIpc) is 3.15.